The molecule has 0 bridgehead atoms. The summed E-state index contributed by atoms with van der Waals surface area (Å²) in [6.07, 6.45) is 2.95. The largest absolute Gasteiger partial charge is 0.456 e. The van der Waals surface area contributed by atoms with Gasteiger partial charge in [0, 0.05) is 13.0 Å². The number of hydrogen-bond acceptors (Lipinski definition) is 3. The van der Waals surface area contributed by atoms with Crippen molar-refractivity contribution in [2.75, 3.05) is 5.32 Å². The number of aryl methyl sites for hydroxylation is 1. The van der Waals surface area contributed by atoms with Gasteiger partial charge in [-0.1, -0.05) is 82.3 Å². The molecule has 5 rings (SSSR count). The molecule has 1 heterocycles. The number of fused-ring (bicyclic) bond motifs is 1. The molecule has 0 saturated heterocycles. The maximum atomic E-state index is 13.1. The van der Waals surface area contributed by atoms with Crippen molar-refractivity contribution >= 4 is 17.5 Å². The molecule has 0 atom stereocenters. The third-order valence-electron chi connectivity index (χ3n) is 8.28. The minimum atomic E-state index is -0.389. The Morgan fingerprint density at radius 2 is 1.45 bits per heavy atom. The SMILES string of the molecule is Cc1cc2c(cc1Cc1ccc(C(=O)Nc3ccccc3C(=O)NCc3ccccc3)o1)C(C)(C)CCC2(C)C. The lowest BCUT2D eigenvalue weighted by Crippen LogP contribution is -2.34. The normalized spacial score (nSPS) is 15.2. The summed E-state index contributed by atoms with van der Waals surface area (Å²) in [7, 11) is 0. The van der Waals surface area contributed by atoms with Gasteiger partial charge in [-0.2, -0.15) is 0 Å². The number of carbonyl (C=O) groups excluding carboxylic acids is 2. The summed E-state index contributed by atoms with van der Waals surface area (Å²) in [6, 6.07) is 25.0. The Morgan fingerprint density at radius 1 is 0.800 bits per heavy atom. The molecule has 0 saturated carbocycles. The fourth-order valence-electron chi connectivity index (χ4n) is 5.59. The second-order valence-corrected chi connectivity index (χ2v) is 12.2. The molecule has 0 spiro atoms. The van der Waals surface area contributed by atoms with E-state index in [0.29, 0.717) is 24.2 Å². The highest BCUT2D eigenvalue weighted by atomic mass is 16.3. The minimum Gasteiger partial charge on any atom is -0.456 e. The zero-order valence-electron chi connectivity index (χ0n) is 24.1. The van der Waals surface area contributed by atoms with E-state index in [0.717, 1.165) is 17.7 Å². The van der Waals surface area contributed by atoms with Crippen LogP contribution in [0.15, 0.2) is 83.3 Å². The third-order valence-corrected chi connectivity index (χ3v) is 8.28. The molecule has 4 aromatic rings. The average Bonchev–Trinajstić information content (AvgIpc) is 3.40. The van der Waals surface area contributed by atoms with Crippen LogP contribution < -0.4 is 10.6 Å². The second-order valence-electron chi connectivity index (χ2n) is 12.2. The van der Waals surface area contributed by atoms with Gasteiger partial charge in [0.15, 0.2) is 5.76 Å². The molecule has 5 heteroatoms. The number of rotatable bonds is 7. The molecule has 1 aliphatic rings. The van der Waals surface area contributed by atoms with Crippen LogP contribution in [0.25, 0.3) is 0 Å². The van der Waals surface area contributed by atoms with Gasteiger partial charge in [-0.3, -0.25) is 9.59 Å². The molecule has 0 aliphatic heterocycles. The fourth-order valence-corrected chi connectivity index (χ4v) is 5.59. The molecule has 3 aromatic carbocycles. The molecule has 0 fully saturated rings. The number of hydrogen-bond donors (Lipinski definition) is 2. The Labute approximate surface area is 237 Å². The van der Waals surface area contributed by atoms with Crippen LogP contribution >= 0.6 is 0 Å². The number of carbonyl (C=O) groups is 2. The van der Waals surface area contributed by atoms with Crippen molar-refractivity contribution in [3.05, 3.63) is 124 Å². The van der Waals surface area contributed by atoms with Crippen LogP contribution in [0.4, 0.5) is 5.69 Å². The summed E-state index contributed by atoms with van der Waals surface area (Å²) in [5.74, 6) is 0.301. The molecule has 1 aliphatic carbocycles. The number of furan rings is 1. The molecule has 0 radical (unpaired) electrons. The van der Waals surface area contributed by atoms with Crippen molar-refractivity contribution < 1.29 is 14.0 Å². The van der Waals surface area contributed by atoms with E-state index < -0.39 is 0 Å². The minimum absolute atomic E-state index is 0.127. The molecule has 0 unspecified atom stereocenters. The van der Waals surface area contributed by atoms with Gasteiger partial charge in [0.05, 0.1) is 11.3 Å². The number of amides is 2. The van der Waals surface area contributed by atoms with Crippen molar-refractivity contribution in [1.29, 1.82) is 0 Å². The van der Waals surface area contributed by atoms with E-state index in [1.807, 2.05) is 36.4 Å². The Balaban J connectivity index is 1.30. The number of nitrogens with one attached hydrogen (secondary N) is 2. The maximum Gasteiger partial charge on any atom is 0.291 e. The molecule has 40 heavy (non-hydrogen) atoms. The van der Waals surface area contributed by atoms with E-state index >= 15 is 0 Å². The topological polar surface area (TPSA) is 71.3 Å². The van der Waals surface area contributed by atoms with Crippen molar-refractivity contribution in [1.82, 2.24) is 5.32 Å². The number of para-hydroxylation sites is 1. The highest BCUT2D eigenvalue weighted by Crippen LogP contribution is 2.46. The lowest BCUT2D eigenvalue weighted by atomic mass is 9.62. The first-order valence-corrected chi connectivity index (χ1v) is 14.0. The molecule has 2 amide bonds. The van der Waals surface area contributed by atoms with Crippen molar-refractivity contribution in [2.24, 2.45) is 0 Å². The first-order valence-electron chi connectivity index (χ1n) is 14.0. The summed E-state index contributed by atoms with van der Waals surface area (Å²) < 4.78 is 6.01. The van der Waals surface area contributed by atoms with E-state index in [1.165, 1.54) is 28.7 Å². The molecule has 1 aromatic heterocycles. The van der Waals surface area contributed by atoms with Gasteiger partial charge >= 0.3 is 0 Å². The number of anilines is 1. The van der Waals surface area contributed by atoms with E-state index in [1.54, 1.807) is 30.3 Å². The summed E-state index contributed by atoms with van der Waals surface area (Å²) >= 11 is 0. The van der Waals surface area contributed by atoms with Crippen molar-refractivity contribution in [2.45, 2.75) is 71.3 Å². The fraction of sp³-hybridized carbons (Fsp3) is 0.314. The third kappa shape index (κ3) is 5.74. The van der Waals surface area contributed by atoms with Gasteiger partial charge in [-0.05, 0) is 82.7 Å². The average molecular weight is 535 g/mol. The first kappa shape index (κ1) is 27.4. The predicted octanol–water partition coefficient (Wildman–Crippen LogP) is 7.71. The van der Waals surface area contributed by atoms with Gasteiger partial charge in [0.25, 0.3) is 11.8 Å². The Morgan fingerprint density at radius 3 is 2.17 bits per heavy atom. The second kappa shape index (κ2) is 10.8. The molecular formula is C35H38N2O3. The molecular weight excluding hydrogens is 496 g/mol. The highest BCUT2D eigenvalue weighted by Gasteiger charge is 2.37. The lowest BCUT2D eigenvalue weighted by molar-refractivity contribution is 0.0951. The van der Waals surface area contributed by atoms with Crippen LogP contribution in [0.5, 0.6) is 0 Å². The van der Waals surface area contributed by atoms with Crippen LogP contribution in [0.3, 0.4) is 0 Å². The van der Waals surface area contributed by atoms with E-state index in [4.69, 9.17) is 4.42 Å². The number of benzene rings is 3. The smallest absolute Gasteiger partial charge is 0.291 e. The van der Waals surface area contributed by atoms with Crippen LogP contribution in [0, 0.1) is 6.92 Å². The van der Waals surface area contributed by atoms with E-state index in [-0.39, 0.29) is 28.4 Å². The highest BCUT2D eigenvalue weighted by molar-refractivity contribution is 6.07. The van der Waals surface area contributed by atoms with E-state index in [9.17, 15) is 9.59 Å². The quantitative estimate of drug-likeness (QED) is 0.255. The van der Waals surface area contributed by atoms with Gasteiger partial charge in [-0.25, -0.2) is 0 Å². The first-order chi connectivity index (χ1) is 19.0. The predicted molar refractivity (Wildman–Crippen MR) is 160 cm³/mol. The lowest BCUT2D eigenvalue weighted by Gasteiger charge is -2.42. The van der Waals surface area contributed by atoms with Crippen LogP contribution in [0.2, 0.25) is 0 Å². The molecule has 206 valence electrons. The van der Waals surface area contributed by atoms with Crippen LogP contribution in [0.1, 0.15) is 95.0 Å². The zero-order chi connectivity index (χ0) is 28.5. The monoisotopic (exact) mass is 534 g/mol. The van der Waals surface area contributed by atoms with Crippen molar-refractivity contribution in [3.63, 3.8) is 0 Å². The van der Waals surface area contributed by atoms with Crippen LogP contribution in [-0.2, 0) is 23.8 Å². The van der Waals surface area contributed by atoms with Crippen LogP contribution in [-0.4, -0.2) is 11.8 Å². The Kier molecular flexibility index (Phi) is 7.41. The molecule has 2 N–H and O–H groups in total. The summed E-state index contributed by atoms with van der Waals surface area (Å²) in [4.78, 5) is 26.0. The van der Waals surface area contributed by atoms with Crippen molar-refractivity contribution in [3.8, 4) is 0 Å². The van der Waals surface area contributed by atoms with Gasteiger partial charge in [0.1, 0.15) is 5.76 Å². The van der Waals surface area contributed by atoms with Gasteiger partial charge in [-0.15, -0.1) is 0 Å². The van der Waals surface area contributed by atoms with E-state index in [2.05, 4.69) is 57.4 Å². The summed E-state index contributed by atoms with van der Waals surface area (Å²) in [5.41, 5.74) is 7.43. The summed E-state index contributed by atoms with van der Waals surface area (Å²) in [6.45, 7) is 11.9. The Bertz CT molecular complexity index is 1550. The standard InChI is InChI=1S/C35H38N2O3/c1-23-19-28-29(35(4,5)18-17-34(28,2)3)21-25(23)20-26-15-16-31(40-26)33(39)37-30-14-10-9-13-27(30)32(38)36-22-24-11-7-6-8-12-24/h6-16,19,21H,17-18,20,22H2,1-5H3,(H,36,38)(H,37,39). The van der Waals surface area contributed by atoms with Gasteiger partial charge in [0.2, 0.25) is 0 Å². The van der Waals surface area contributed by atoms with Gasteiger partial charge < -0.3 is 15.1 Å². The Hall–Kier alpha value is -4.12. The molecule has 5 nitrogen and oxygen atoms in total. The zero-order valence-corrected chi connectivity index (χ0v) is 24.1. The summed E-state index contributed by atoms with van der Waals surface area (Å²) in [5, 5.41) is 5.79. The maximum absolute atomic E-state index is 13.1.